The lowest BCUT2D eigenvalue weighted by atomic mass is 10.3. The lowest BCUT2D eigenvalue weighted by molar-refractivity contribution is -0.548. The molecule has 4 aliphatic rings. The van der Waals surface area contributed by atoms with E-state index >= 15 is 0 Å². The van der Waals surface area contributed by atoms with Crippen LogP contribution < -0.4 is 0 Å². The van der Waals surface area contributed by atoms with Crippen molar-refractivity contribution in [3.8, 4) is 0 Å². The van der Waals surface area contributed by atoms with Gasteiger partial charge in [0.05, 0.1) is 34.9 Å². The molecule has 0 amide bonds. The highest BCUT2D eigenvalue weighted by molar-refractivity contribution is 7.74. The van der Waals surface area contributed by atoms with E-state index in [2.05, 4.69) is 16.7 Å². The molecule has 4 rings (SSSR count). The smallest absolute Gasteiger partial charge is 0.366 e. The van der Waals surface area contributed by atoms with E-state index in [-0.39, 0.29) is 26.9 Å². The Hall–Kier alpha value is -2.22. The van der Waals surface area contributed by atoms with Crippen molar-refractivity contribution < 1.29 is 70.4 Å². The average molecular weight is 677 g/mol. The average Bonchev–Trinajstić information content (AvgIpc) is 3.74. The molecule has 0 fully saturated rings. The summed E-state index contributed by atoms with van der Waals surface area (Å²) in [5.74, 6) is 0.986. The first-order valence-electron chi connectivity index (χ1n) is 11.8. The highest BCUT2D eigenvalue weighted by Crippen LogP contribution is 2.20. The normalized spacial score (nSPS) is 23.0. The minimum atomic E-state index is -2.58. The molecule has 2 N–H and O–H groups in total. The SMILES string of the molecule is O=S([O-])OCN1C=CC/C1=C/C1=[N+](COS(=O)O)CCO1.O=S([O-])OCN1C=CC/C1=C/C1=[N+](COS(=O)O)CCO1. The van der Waals surface area contributed by atoms with Crippen molar-refractivity contribution in [1.82, 2.24) is 9.80 Å². The zero-order valence-electron chi connectivity index (χ0n) is 21.8. The number of allylic oxidation sites excluding steroid dienone is 2. The maximum atomic E-state index is 10.5. The maximum absolute atomic E-state index is 10.5. The van der Waals surface area contributed by atoms with E-state index in [0.717, 1.165) is 11.4 Å². The monoisotopic (exact) mass is 676 g/mol. The van der Waals surface area contributed by atoms with Crippen LogP contribution >= 0.6 is 0 Å². The van der Waals surface area contributed by atoms with Gasteiger partial charge in [-0.2, -0.15) is 17.6 Å². The molecule has 0 aromatic rings. The van der Waals surface area contributed by atoms with Crippen molar-refractivity contribution >= 4 is 57.2 Å². The van der Waals surface area contributed by atoms with Gasteiger partial charge < -0.3 is 28.4 Å². The summed E-state index contributed by atoms with van der Waals surface area (Å²) in [6, 6.07) is 0. The van der Waals surface area contributed by atoms with Gasteiger partial charge >= 0.3 is 34.5 Å². The van der Waals surface area contributed by atoms with Gasteiger partial charge in [-0.1, -0.05) is 12.2 Å². The molecule has 236 valence electrons. The molecule has 0 aliphatic carbocycles. The first-order chi connectivity index (χ1) is 20.1. The lowest BCUT2D eigenvalue weighted by Gasteiger charge is -2.18. The van der Waals surface area contributed by atoms with Gasteiger partial charge in [-0.25, -0.2) is 16.8 Å². The molecule has 18 nitrogen and oxygen atoms in total. The van der Waals surface area contributed by atoms with Crippen molar-refractivity contribution in [3.63, 3.8) is 0 Å². The van der Waals surface area contributed by atoms with Crippen LogP contribution in [0.3, 0.4) is 0 Å². The van der Waals surface area contributed by atoms with Gasteiger partial charge in [-0.05, 0) is 0 Å². The Kier molecular flexibility index (Phi) is 14.5. The molecule has 0 spiro atoms. The zero-order chi connectivity index (χ0) is 30.5. The molecular formula is C20H28N4O14S4. The van der Waals surface area contributed by atoms with Crippen molar-refractivity contribution in [2.24, 2.45) is 0 Å². The molecule has 0 radical (unpaired) electrons. The summed E-state index contributed by atoms with van der Waals surface area (Å²) in [6.45, 7) is 1.55. The van der Waals surface area contributed by atoms with Crippen molar-refractivity contribution in [3.05, 3.63) is 48.1 Å². The van der Waals surface area contributed by atoms with Gasteiger partial charge in [-0.15, -0.1) is 0 Å². The molecular weight excluding hydrogens is 649 g/mol. The Morgan fingerprint density at radius 2 is 1.17 bits per heavy atom. The molecule has 42 heavy (non-hydrogen) atoms. The topological polar surface area (TPSA) is 223 Å². The van der Waals surface area contributed by atoms with Gasteiger partial charge in [0.1, 0.15) is 13.5 Å². The molecule has 4 heterocycles. The largest absolute Gasteiger partial charge is 0.750 e. The third kappa shape index (κ3) is 11.8. The predicted octanol–water partition coefficient (Wildman–Crippen LogP) is -1.18. The predicted molar refractivity (Wildman–Crippen MR) is 143 cm³/mol. The van der Waals surface area contributed by atoms with E-state index in [0.29, 0.717) is 50.9 Å². The molecule has 0 saturated heterocycles. The quantitative estimate of drug-likeness (QED) is 0.163. The first kappa shape index (κ1) is 34.3. The fourth-order valence-corrected chi connectivity index (χ4v) is 4.55. The molecule has 4 atom stereocenters. The fraction of sp³-hybridized carbons (Fsp3) is 0.500. The first-order valence-corrected chi connectivity index (χ1v) is 15.9. The molecule has 0 saturated carbocycles. The number of ether oxygens (including phenoxy) is 2. The van der Waals surface area contributed by atoms with E-state index in [9.17, 15) is 25.9 Å². The van der Waals surface area contributed by atoms with Crippen molar-refractivity contribution in [2.75, 3.05) is 53.2 Å². The second-order valence-electron chi connectivity index (χ2n) is 8.12. The summed E-state index contributed by atoms with van der Waals surface area (Å²) >= 11 is -9.83. The van der Waals surface area contributed by atoms with Crippen LogP contribution in [-0.4, -0.2) is 119 Å². The Morgan fingerprint density at radius 3 is 1.52 bits per heavy atom. The highest BCUT2D eigenvalue weighted by atomic mass is 32.2. The van der Waals surface area contributed by atoms with E-state index in [1.807, 2.05) is 12.2 Å². The molecule has 0 aromatic heterocycles. The molecule has 4 unspecified atom stereocenters. The minimum absolute atomic E-state index is 0.0727. The molecule has 0 bridgehead atoms. The zero-order valence-corrected chi connectivity index (χ0v) is 25.0. The Labute approximate surface area is 251 Å². The van der Waals surface area contributed by atoms with Crippen molar-refractivity contribution in [2.45, 2.75) is 12.8 Å². The van der Waals surface area contributed by atoms with E-state index in [4.69, 9.17) is 18.6 Å². The van der Waals surface area contributed by atoms with Crippen LogP contribution in [0, 0.1) is 0 Å². The maximum Gasteiger partial charge on any atom is 0.366 e. The third-order valence-corrected chi connectivity index (χ3v) is 6.79. The third-order valence-electron chi connectivity index (χ3n) is 5.58. The van der Waals surface area contributed by atoms with Crippen LogP contribution in [0.15, 0.2) is 48.1 Å². The molecule has 4 aliphatic heterocycles. The second kappa shape index (κ2) is 17.8. The van der Waals surface area contributed by atoms with Crippen molar-refractivity contribution in [1.29, 1.82) is 0 Å². The standard InChI is InChI=1S/2C10H14N2O7S2/c2*13-20(14)18-7-11-3-1-2-9(11)6-10-12(4-5-17-10)8-19-21(15)16/h2*1,3,6H,2,4-5,7-8H2,(H-,13,14,15,16). The van der Waals surface area contributed by atoms with Crippen LogP contribution in [0.25, 0.3) is 0 Å². The van der Waals surface area contributed by atoms with Crippen LogP contribution in [0.1, 0.15) is 12.8 Å². The second-order valence-corrected chi connectivity index (χ2v) is 10.7. The summed E-state index contributed by atoms with van der Waals surface area (Å²) in [4.78, 5) is 3.24. The van der Waals surface area contributed by atoms with Gasteiger partial charge in [0.2, 0.25) is 0 Å². The van der Waals surface area contributed by atoms with Gasteiger partial charge in [0.15, 0.2) is 26.3 Å². The van der Waals surface area contributed by atoms with E-state index in [1.165, 1.54) is 0 Å². The summed E-state index contributed by atoms with van der Waals surface area (Å²) in [5.41, 5.74) is 1.57. The summed E-state index contributed by atoms with van der Waals surface area (Å²) in [7, 11) is 0. The number of nitrogens with zero attached hydrogens (tertiary/aromatic N) is 4. The highest BCUT2D eigenvalue weighted by Gasteiger charge is 2.26. The molecule has 0 aromatic carbocycles. The number of rotatable bonds is 14. The Morgan fingerprint density at radius 1 is 0.762 bits per heavy atom. The van der Waals surface area contributed by atoms with E-state index in [1.54, 1.807) is 43.5 Å². The van der Waals surface area contributed by atoms with E-state index < -0.39 is 45.4 Å². The van der Waals surface area contributed by atoms with Crippen LogP contribution in [-0.2, 0) is 71.7 Å². The van der Waals surface area contributed by atoms with Crippen LogP contribution in [0.2, 0.25) is 0 Å². The minimum Gasteiger partial charge on any atom is -0.750 e. The number of hydrogen-bond donors (Lipinski definition) is 2. The summed E-state index contributed by atoms with van der Waals surface area (Å²) < 4.78 is 112. The summed E-state index contributed by atoms with van der Waals surface area (Å²) in [6.07, 6.45) is 11.7. The van der Waals surface area contributed by atoms with Crippen LogP contribution in [0.5, 0.6) is 0 Å². The number of hydrogen-bond acceptors (Lipinski definition) is 14. The van der Waals surface area contributed by atoms with Gasteiger partial charge in [0.25, 0.3) is 13.5 Å². The van der Waals surface area contributed by atoms with Crippen LogP contribution in [0.4, 0.5) is 0 Å². The van der Waals surface area contributed by atoms with Gasteiger partial charge in [-0.3, -0.25) is 17.5 Å². The Balaban J connectivity index is 0.000000230. The Bertz CT molecular complexity index is 1160. The summed E-state index contributed by atoms with van der Waals surface area (Å²) in [5, 5.41) is 0. The lowest BCUT2D eigenvalue weighted by Crippen LogP contribution is -2.22. The molecule has 22 heteroatoms. The van der Waals surface area contributed by atoms with Gasteiger partial charge in [0, 0.05) is 36.6 Å². The fourth-order valence-electron chi connectivity index (χ4n) is 3.71.